The zero-order valence-corrected chi connectivity index (χ0v) is 14.7. The predicted molar refractivity (Wildman–Crippen MR) is 92.6 cm³/mol. The highest BCUT2D eigenvalue weighted by molar-refractivity contribution is 5.62. The van der Waals surface area contributed by atoms with Crippen LogP contribution in [0.4, 0.5) is 13.2 Å². The van der Waals surface area contributed by atoms with Crippen LogP contribution >= 0.6 is 0 Å². The van der Waals surface area contributed by atoms with Gasteiger partial charge in [-0.2, -0.15) is 28.0 Å². The van der Waals surface area contributed by atoms with Gasteiger partial charge in [0.05, 0.1) is 22.9 Å². The summed E-state index contributed by atoms with van der Waals surface area (Å²) in [5.41, 5.74) is -0.558. The van der Waals surface area contributed by atoms with Gasteiger partial charge in [-0.05, 0) is 37.5 Å². The Hall–Kier alpha value is -3.12. The van der Waals surface area contributed by atoms with Gasteiger partial charge in [0.25, 0.3) is 5.56 Å². The molecule has 0 bridgehead atoms. The van der Waals surface area contributed by atoms with Crippen LogP contribution in [0.2, 0.25) is 0 Å². The predicted octanol–water partition coefficient (Wildman–Crippen LogP) is 3.05. The number of rotatable bonds is 3. The fraction of sp³-hybridized carbons (Fsp3) is 0.316. The zero-order valence-electron chi connectivity index (χ0n) is 14.7. The molecule has 2 N–H and O–H groups in total. The van der Waals surface area contributed by atoms with Crippen LogP contribution in [-0.2, 0) is 11.6 Å². The van der Waals surface area contributed by atoms with Gasteiger partial charge in [-0.15, -0.1) is 0 Å². The number of halogens is 3. The van der Waals surface area contributed by atoms with Gasteiger partial charge in [-0.3, -0.25) is 4.79 Å². The highest BCUT2D eigenvalue weighted by Gasteiger charge is 2.50. The molecule has 1 aromatic carbocycles. The van der Waals surface area contributed by atoms with Crippen LogP contribution in [0.3, 0.4) is 0 Å². The van der Waals surface area contributed by atoms with E-state index in [0.29, 0.717) is 24.1 Å². The molecule has 2 aromatic heterocycles. The van der Waals surface area contributed by atoms with Crippen LogP contribution in [0.1, 0.15) is 53.8 Å². The van der Waals surface area contributed by atoms with E-state index in [9.17, 15) is 28.3 Å². The molecule has 1 atom stereocenters. The van der Waals surface area contributed by atoms with Gasteiger partial charge in [0.15, 0.2) is 5.65 Å². The van der Waals surface area contributed by atoms with Crippen molar-refractivity contribution in [3.63, 3.8) is 0 Å². The molecule has 0 amide bonds. The normalized spacial score (nSPS) is 16.7. The van der Waals surface area contributed by atoms with E-state index in [0.717, 1.165) is 16.6 Å². The van der Waals surface area contributed by atoms with Gasteiger partial charge in [0, 0.05) is 11.6 Å². The number of aliphatic hydroxyl groups excluding tert-OH is 1. The lowest BCUT2D eigenvalue weighted by Gasteiger charge is -2.15. The number of fused-ring (bicyclic) bond motifs is 1. The molecule has 0 aliphatic heterocycles. The first-order chi connectivity index (χ1) is 13.2. The minimum Gasteiger partial charge on any atom is -0.388 e. The molecule has 9 heteroatoms. The van der Waals surface area contributed by atoms with E-state index in [1.165, 1.54) is 25.3 Å². The van der Waals surface area contributed by atoms with E-state index in [2.05, 4.69) is 16.2 Å². The summed E-state index contributed by atoms with van der Waals surface area (Å²) in [5.74, 6) is 0. The lowest BCUT2D eigenvalue weighted by Crippen LogP contribution is -2.21. The summed E-state index contributed by atoms with van der Waals surface area (Å²) in [4.78, 5) is 15.4. The fourth-order valence-corrected chi connectivity index (χ4v) is 3.53. The van der Waals surface area contributed by atoms with E-state index in [-0.39, 0.29) is 16.8 Å². The third-order valence-electron chi connectivity index (χ3n) is 5.22. The van der Waals surface area contributed by atoms with Crippen LogP contribution in [0, 0.1) is 11.3 Å². The molecule has 6 nitrogen and oxygen atoms in total. The summed E-state index contributed by atoms with van der Waals surface area (Å²) < 4.78 is 39.6. The van der Waals surface area contributed by atoms with Crippen molar-refractivity contribution in [3.8, 4) is 6.07 Å². The Kier molecular flexibility index (Phi) is 3.87. The number of nitrogens with one attached hydrogen (secondary N) is 1. The maximum atomic E-state index is 12.8. The van der Waals surface area contributed by atoms with Crippen molar-refractivity contribution in [2.75, 3.05) is 0 Å². The molecule has 3 aromatic rings. The molecule has 0 saturated heterocycles. The molecule has 1 saturated carbocycles. The second-order valence-electron chi connectivity index (χ2n) is 6.98. The number of aliphatic hydroxyl groups is 1. The van der Waals surface area contributed by atoms with Crippen LogP contribution in [0.25, 0.3) is 5.65 Å². The summed E-state index contributed by atoms with van der Waals surface area (Å²) in [7, 11) is 0. The van der Waals surface area contributed by atoms with Crippen LogP contribution in [-0.4, -0.2) is 19.7 Å². The zero-order chi connectivity index (χ0) is 20.3. The molecule has 1 aliphatic rings. The molecule has 4 rings (SSSR count). The average molecular weight is 388 g/mol. The third-order valence-corrected chi connectivity index (χ3v) is 5.22. The van der Waals surface area contributed by atoms with Gasteiger partial charge in [0.1, 0.15) is 11.6 Å². The van der Waals surface area contributed by atoms with Crippen molar-refractivity contribution in [1.82, 2.24) is 14.6 Å². The largest absolute Gasteiger partial charge is 0.416 e. The Labute approximate surface area is 156 Å². The summed E-state index contributed by atoms with van der Waals surface area (Å²) in [6.07, 6.45) is -2.90. The first-order valence-electron chi connectivity index (χ1n) is 8.60. The van der Waals surface area contributed by atoms with Crippen molar-refractivity contribution < 1.29 is 18.3 Å². The number of H-pyrrole nitrogens is 1. The Bertz CT molecular complexity index is 1160. The second-order valence-corrected chi connectivity index (χ2v) is 6.98. The monoisotopic (exact) mass is 388 g/mol. The Balaban J connectivity index is 1.88. The highest BCUT2D eigenvalue weighted by atomic mass is 19.4. The Morgan fingerprint density at radius 3 is 2.46 bits per heavy atom. The average Bonchev–Trinajstić information content (AvgIpc) is 3.36. The molecule has 0 spiro atoms. The number of hydrogen-bond donors (Lipinski definition) is 2. The van der Waals surface area contributed by atoms with E-state index in [1.807, 2.05) is 0 Å². The third kappa shape index (κ3) is 2.60. The molecule has 0 radical (unpaired) electrons. The lowest BCUT2D eigenvalue weighted by molar-refractivity contribution is -0.137. The first-order valence-corrected chi connectivity index (χ1v) is 8.60. The van der Waals surface area contributed by atoms with Crippen molar-refractivity contribution in [1.29, 1.82) is 5.26 Å². The number of aromatic amines is 1. The number of benzene rings is 1. The van der Waals surface area contributed by atoms with E-state index in [4.69, 9.17) is 0 Å². The maximum absolute atomic E-state index is 12.8. The summed E-state index contributed by atoms with van der Waals surface area (Å²) in [6.45, 7) is 1.44. The molecular formula is C19H15F3N4O2. The van der Waals surface area contributed by atoms with Gasteiger partial charge >= 0.3 is 6.18 Å². The van der Waals surface area contributed by atoms with E-state index >= 15 is 0 Å². The molecule has 2 heterocycles. The second kappa shape index (κ2) is 5.94. The highest BCUT2D eigenvalue weighted by Crippen LogP contribution is 2.54. The smallest absolute Gasteiger partial charge is 0.388 e. The first kappa shape index (κ1) is 18.3. The molecule has 28 heavy (non-hydrogen) atoms. The SMILES string of the molecule is CC(O)c1c[nH]c2c(C#N)c(C3(c4ccc(C(F)(F)F)cc4)CC3)nn2c1=O. The van der Waals surface area contributed by atoms with E-state index < -0.39 is 28.8 Å². The van der Waals surface area contributed by atoms with Gasteiger partial charge in [-0.1, -0.05) is 12.1 Å². The van der Waals surface area contributed by atoms with Crippen molar-refractivity contribution in [3.05, 3.63) is 68.8 Å². The van der Waals surface area contributed by atoms with Gasteiger partial charge in [-0.25, -0.2) is 0 Å². The van der Waals surface area contributed by atoms with Crippen LogP contribution < -0.4 is 5.56 Å². The quantitative estimate of drug-likeness (QED) is 0.721. The van der Waals surface area contributed by atoms with Crippen LogP contribution in [0.5, 0.6) is 0 Å². The van der Waals surface area contributed by atoms with Crippen LogP contribution in [0.15, 0.2) is 35.3 Å². The fourth-order valence-electron chi connectivity index (χ4n) is 3.53. The number of alkyl halides is 3. The summed E-state index contributed by atoms with van der Waals surface area (Å²) in [6, 6.07) is 6.85. The Morgan fingerprint density at radius 1 is 1.32 bits per heavy atom. The topological polar surface area (TPSA) is 94.2 Å². The van der Waals surface area contributed by atoms with Crippen molar-refractivity contribution in [2.45, 2.75) is 37.5 Å². The number of nitriles is 1. The van der Waals surface area contributed by atoms with Gasteiger partial charge < -0.3 is 10.1 Å². The number of aromatic nitrogens is 3. The summed E-state index contributed by atoms with van der Waals surface area (Å²) >= 11 is 0. The molecule has 144 valence electrons. The minimum atomic E-state index is -4.43. The number of nitrogens with zero attached hydrogens (tertiary/aromatic N) is 3. The maximum Gasteiger partial charge on any atom is 0.416 e. The van der Waals surface area contributed by atoms with Crippen molar-refractivity contribution in [2.24, 2.45) is 0 Å². The minimum absolute atomic E-state index is 0.102. The molecule has 1 unspecified atom stereocenters. The molecule has 1 fully saturated rings. The Morgan fingerprint density at radius 2 is 1.96 bits per heavy atom. The number of hydrogen-bond acceptors (Lipinski definition) is 4. The standard InChI is InChI=1S/C19H15F3N4O2/c1-10(27)14-9-24-16-13(8-23)15(25-26(16)17(14)28)18(6-7-18)11-2-4-12(5-3-11)19(20,21)22/h2-5,9-10,24,27H,6-7H2,1H3. The van der Waals surface area contributed by atoms with E-state index in [1.54, 1.807) is 0 Å². The van der Waals surface area contributed by atoms with Gasteiger partial charge in [0.2, 0.25) is 0 Å². The van der Waals surface area contributed by atoms with Crippen molar-refractivity contribution >= 4 is 5.65 Å². The molecular weight excluding hydrogens is 373 g/mol. The molecule has 1 aliphatic carbocycles. The summed E-state index contributed by atoms with van der Waals surface area (Å²) in [5, 5.41) is 23.7. The lowest BCUT2D eigenvalue weighted by atomic mass is 9.89.